The summed E-state index contributed by atoms with van der Waals surface area (Å²) in [5.41, 5.74) is 27.5. The lowest BCUT2D eigenvalue weighted by Crippen LogP contribution is -2.61. The SMILES string of the molecule is CC(C)(C)c1ccc(N2B3c4cc(N(c5ccc(C(C)(C)C)cc5)c5ccc(C(C)(C)C)cc5)ccc4N(c4ccc(C(C)(C)C)cc4-c4ccccc4)c4cc(C(C)(C)C)cc(c43)-c3cc4c(cc32)oc2cc3c(cc24)C(C)(C)CCC3(C)C)cc1. The Morgan fingerprint density at radius 1 is 0.391 bits per heavy atom. The minimum atomic E-state index is -0.263. The highest BCUT2D eigenvalue weighted by Gasteiger charge is 2.47. The number of rotatable bonds is 6. The molecule has 9 aromatic carbocycles. The molecule has 10 aromatic rings. The van der Waals surface area contributed by atoms with Crippen LogP contribution >= 0.6 is 0 Å². The van der Waals surface area contributed by atoms with Crippen LogP contribution in [-0.4, -0.2) is 6.85 Å². The van der Waals surface area contributed by atoms with Gasteiger partial charge in [-0.25, -0.2) is 0 Å². The van der Waals surface area contributed by atoms with E-state index in [9.17, 15) is 0 Å². The number of benzene rings is 9. The summed E-state index contributed by atoms with van der Waals surface area (Å²) in [4.78, 5) is 7.80. The first kappa shape index (κ1) is 58.3. The molecule has 442 valence electrons. The van der Waals surface area contributed by atoms with E-state index in [1.54, 1.807) is 0 Å². The third-order valence-electron chi connectivity index (χ3n) is 19.9. The van der Waals surface area contributed by atoms with E-state index in [4.69, 9.17) is 4.42 Å². The molecular weight excluding hydrogens is 1050 g/mol. The van der Waals surface area contributed by atoms with Gasteiger partial charge in [-0.3, -0.25) is 0 Å². The molecular formula is C82H90BN3O. The molecule has 0 radical (unpaired) electrons. The van der Waals surface area contributed by atoms with Crippen molar-refractivity contribution in [2.75, 3.05) is 14.6 Å². The standard InChI is InChI=1S/C82H90BN3O/c1-76(2,3)52-25-32-57(33-26-52)84(58-34-27-53(28-35-58)77(4,5)6)60-38-40-70-68(46-60)83-75-65(44-56(80(13,14)15)45-72(75)85(70)69-39-31-55(79(10,11)12)43-61(69)51-23-21-20-22-24-51)62-47-63-64-48-66-67(82(18,19)42-41-81(66,16)17)49-73(64)87-74(63)50-71(62)86(83)59-36-29-54(30-37-59)78(7,8)9/h20-40,43-50H,41-42H2,1-19H3. The highest BCUT2D eigenvalue weighted by Crippen LogP contribution is 2.54. The van der Waals surface area contributed by atoms with Crippen molar-refractivity contribution in [3.63, 3.8) is 0 Å². The zero-order valence-electron chi connectivity index (χ0n) is 55.5. The van der Waals surface area contributed by atoms with Gasteiger partial charge in [0.2, 0.25) is 0 Å². The average molecular weight is 1140 g/mol. The summed E-state index contributed by atoms with van der Waals surface area (Å²) in [7, 11) is 0. The lowest BCUT2D eigenvalue weighted by Gasteiger charge is -2.47. The van der Waals surface area contributed by atoms with E-state index in [2.05, 4.69) is 322 Å². The molecule has 3 heterocycles. The van der Waals surface area contributed by atoms with Gasteiger partial charge in [-0.05, 0) is 203 Å². The van der Waals surface area contributed by atoms with Gasteiger partial charge in [0.25, 0.3) is 0 Å². The number of hydrogen-bond donors (Lipinski definition) is 0. The van der Waals surface area contributed by atoms with E-state index in [0.717, 1.165) is 69.2 Å². The molecule has 1 aromatic heterocycles. The Morgan fingerprint density at radius 2 is 0.862 bits per heavy atom. The zero-order chi connectivity index (χ0) is 61.9. The van der Waals surface area contributed by atoms with Gasteiger partial charge in [0.1, 0.15) is 11.2 Å². The van der Waals surface area contributed by atoms with Crippen molar-refractivity contribution < 1.29 is 4.42 Å². The van der Waals surface area contributed by atoms with Crippen molar-refractivity contribution in [1.29, 1.82) is 0 Å². The fourth-order valence-corrected chi connectivity index (χ4v) is 14.2. The predicted molar refractivity (Wildman–Crippen MR) is 376 cm³/mol. The summed E-state index contributed by atoms with van der Waals surface area (Å²) in [6, 6.07) is 68.7. The van der Waals surface area contributed by atoms with Gasteiger partial charge < -0.3 is 19.0 Å². The Labute approximate surface area is 520 Å². The molecule has 0 atom stereocenters. The van der Waals surface area contributed by atoms with Gasteiger partial charge in [0, 0.05) is 67.8 Å². The van der Waals surface area contributed by atoms with E-state index >= 15 is 0 Å². The van der Waals surface area contributed by atoms with E-state index in [1.165, 1.54) is 83.2 Å². The molecule has 0 amide bonds. The second kappa shape index (κ2) is 19.9. The van der Waals surface area contributed by atoms with Gasteiger partial charge in [-0.2, -0.15) is 0 Å². The second-order valence-electron chi connectivity index (χ2n) is 32.3. The smallest absolute Gasteiger partial charge is 0.333 e. The number of anilines is 8. The van der Waals surface area contributed by atoms with E-state index in [1.807, 2.05) is 0 Å². The van der Waals surface area contributed by atoms with Gasteiger partial charge >= 0.3 is 6.85 Å². The second-order valence-corrected chi connectivity index (χ2v) is 32.3. The van der Waals surface area contributed by atoms with Crippen LogP contribution in [-0.2, 0) is 37.9 Å². The van der Waals surface area contributed by atoms with Crippen molar-refractivity contribution in [3.8, 4) is 22.3 Å². The quantitative estimate of drug-likeness (QED) is 0.155. The fourth-order valence-electron chi connectivity index (χ4n) is 14.2. The molecule has 0 saturated heterocycles. The monoisotopic (exact) mass is 1140 g/mol. The first-order valence-electron chi connectivity index (χ1n) is 32.1. The summed E-state index contributed by atoms with van der Waals surface area (Å²) < 4.78 is 7.27. The fraction of sp³-hybridized carbons (Fsp3) is 0.341. The average Bonchev–Trinajstić information content (AvgIpc) is 1.48. The number of nitrogens with zero attached hydrogens (tertiary/aromatic N) is 3. The molecule has 0 fully saturated rings. The van der Waals surface area contributed by atoms with E-state index in [0.29, 0.717) is 0 Å². The van der Waals surface area contributed by atoms with Gasteiger partial charge in [0.15, 0.2) is 0 Å². The minimum Gasteiger partial charge on any atom is -0.456 e. The maximum Gasteiger partial charge on any atom is 0.333 e. The summed E-state index contributed by atoms with van der Waals surface area (Å²) in [5, 5.41) is 2.35. The van der Waals surface area contributed by atoms with Crippen molar-refractivity contribution in [2.45, 2.75) is 182 Å². The molecule has 0 unspecified atom stereocenters. The van der Waals surface area contributed by atoms with Crippen LogP contribution in [0.4, 0.5) is 45.5 Å². The van der Waals surface area contributed by atoms with Crippen molar-refractivity contribution in [1.82, 2.24) is 0 Å². The zero-order valence-corrected chi connectivity index (χ0v) is 55.5. The molecule has 0 saturated carbocycles. The lowest BCUT2D eigenvalue weighted by molar-refractivity contribution is 0.332. The molecule has 0 N–H and O–H groups in total. The third-order valence-corrected chi connectivity index (χ3v) is 19.9. The maximum absolute atomic E-state index is 7.27. The molecule has 3 aliphatic rings. The van der Waals surface area contributed by atoms with Crippen LogP contribution < -0.4 is 25.5 Å². The maximum atomic E-state index is 7.27. The Hall–Kier alpha value is -7.76. The molecule has 2 aliphatic heterocycles. The van der Waals surface area contributed by atoms with Crippen LogP contribution in [0.15, 0.2) is 180 Å². The number of hydrogen-bond acceptors (Lipinski definition) is 4. The Balaban J connectivity index is 1.16. The van der Waals surface area contributed by atoms with Crippen LogP contribution in [0.5, 0.6) is 0 Å². The predicted octanol–water partition coefficient (Wildman–Crippen LogP) is 22.3. The van der Waals surface area contributed by atoms with Gasteiger partial charge in [-0.15, -0.1) is 0 Å². The molecule has 4 nitrogen and oxygen atoms in total. The number of furan rings is 1. The molecule has 13 rings (SSSR count). The van der Waals surface area contributed by atoms with Crippen LogP contribution in [0, 0.1) is 0 Å². The largest absolute Gasteiger partial charge is 0.456 e. The topological polar surface area (TPSA) is 22.9 Å². The first-order valence-corrected chi connectivity index (χ1v) is 32.1. The van der Waals surface area contributed by atoms with Crippen molar-refractivity contribution >= 4 is 85.2 Å². The van der Waals surface area contributed by atoms with Crippen LogP contribution in [0.25, 0.3) is 44.2 Å². The minimum absolute atomic E-state index is 0.00164. The van der Waals surface area contributed by atoms with Gasteiger partial charge in [-0.1, -0.05) is 210 Å². The first-order chi connectivity index (χ1) is 40.8. The molecule has 0 spiro atoms. The van der Waals surface area contributed by atoms with Crippen LogP contribution in [0.2, 0.25) is 0 Å². The molecule has 5 heteroatoms. The normalized spacial score (nSPS) is 15.6. The highest BCUT2D eigenvalue weighted by molar-refractivity contribution is 6.93. The summed E-state index contributed by atoms with van der Waals surface area (Å²) >= 11 is 0. The third kappa shape index (κ3) is 10.0. The van der Waals surface area contributed by atoms with E-state index < -0.39 is 0 Å². The van der Waals surface area contributed by atoms with Gasteiger partial charge in [0.05, 0.1) is 5.69 Å². The van der Waals surface area contributed by atoms with E-state index in [-0.39, 0.29) is 44.8 Å². The summed E-state index contributed by atoms with van der Waals surface area (Å²) in [6.45, 7) is 44.3. The molecule has 87 heavy (non-hydrogen) atoms. The lowest BCUT2D eigenvalue weighted by atomic mass is 9.43. The highest BCUT2D eigenvalue weighted by atomic mass is 16.3. The summed E-state index contributed by atoms with van der Waals surface area (Å²) in [6.07, 6.45) is 2.29. The van der Waals surface area contributed by atoms with Crippen LogP contribution in [0.1, 0.15) is 183 Å². The molecule has 0 bridgehead atoms. The Bertz CT molecular complexity index is 4280. The Kier molecular flexibility index (Phi) is 13.3. The Morgan fingerprint density at radius 3 is 1.41 bits per heavy atom. The van der Waals surface area contributed by atoms with Crippen molar-refractivity contribution in [3.05, 3.63) is 215 Å². The number of fused-ring (bicyclic) bond motifs is 8. The molecule has 1 aliphatic carbocycles. The van der Waals surface area contributed by atoms with Crippen molar-refractivity contribution in [2.24, 2.45) is 0 Å². The summed E-state index contributed by atoms with van der Waals surface area (Å²) in [5.74, 6) is 0. The van der Waals surface area contributed by atoms with Crippen LogP contribution in [0.3, 0.4) is 0 Å².